The van der Waals surface area contributed by atoms with Crippen LogP contribution in [-0.4, -0.2) is 51.4 Å². The summed E-state index contributed by atoms with van der Waals surface area (Å²) in [7, 11) is 1.36. The van der Waals surface area contributed by atoms with Gasteiger partial charge in [-0.2, -0.15) is 17.0 Å². The molecule has 6 heteroatoms. The number of methoxy groups -OCH3 is 1. The van der Waals surface area contributed by atoms with Crippen molar-refractivity contribution in [1.82, 2.24) is 8.61 Å². The number of hydrogen-bond acceptors (Lipinski definition) is 3. The predicted molar refractivity (Wildman–Crippen MR) is 53.7 cm³/mol. The van der Waals surface area contributed by atoms with Gasteiger partial charge < -0.3 is 4.74 Å². The summed E-state index contributed by atoms with van der Waals surface area (Å²) in [5.41, 5.74) is 0. The molecule has 0 saturated carbocycles. The Labute approximate surface area is 85.8 Å². The van der Waals surface area contributed by atoms with E-state index in [9.17, 15) is 8.42 Å². The molecule has 0 aromatic heterocycles. The molecule has 0 bridgehead atoms. The molecule has 0 aromatic rings. The highest BCUT2D eigenvalue weighted by molar-refractivity contribution is 7.86. The minimum atomic E-state index is -3.30. The second kappa shape index (κ2) is 4.57. The average molecular weight is 221 g/mol. The van der Waals surface area contributed by atoms with Crippen LogP contribution >= 0.6 is 0 Å². The molecule has 0 unspecified atom stereocenters. The van der Waals surface area contributed by atoms with E-state index >= 15 is 0 Å². The van der Waals surface area contributed by atoms with E-state index in [0.717, 1.165) is 18.9 Å². The van der Waals surface area contributed by atoms with Gasteiger partial charge in [0, 0.05) is 27.7 Å². The van der Waals surface area contributed by atoms with Gasteiger partial charge in [-0.1, -0.05) is 0 Å². The smallest absolute Gasteiger partial charge is 0.282 e. The number of hydrogen-bond donors (Lipinski definition) is 0. The normalized spacial score (nSPS) is 20.9. The highest BCUT2D eigenvalue weighted by Gasteiger charge is 2.35. The van der Waals surface area contributed by atoms with Gasteiger partial charge in [0.05, 0.1) is 12.6 Å². The summed E-state index contributed by atoms with van der Waals surface area (Å²) < 4.78 is 31.2. The van der Waals surface area contributed by atoms with Gasteiger partial charge in [0.15, 0.2) is 0 Å². The summed E-state index contributed by atoms with van der Waals surface area (Å²) in [6, 6.07) is 0.848. The molecule has 0 aliphatic carbocycles. The molecule has 0 atom stereocenters. The maximum absolute atomic E-state index is 11.8. The lowest BCUT2D eigenvalue weighted by Crippen LogP contribution is -2.40. The van der Waals surface area contributed by atoms with Crippen molar-refractivity contribution in [3.05, 3.63) is 6.04 Å². The van der Waals surface area contributed by atoms with Crippen LogP contribution in [0.5, 0.6) is 0 Å². The molecule has 1 aliphatic rings. The van der Waals surface area contributed by atoms with E-state index in [-0.39, 0.29) is 0 Å². The van der Waals surface area contributed by atoms with E-state index < -0.39 is 10.2 Å². The van der Waals surface area contributed by atoms with Crippen molar-refractivity contribution >= 4 is 10.2 Å². The fraction of sp³-hybridized carbons (Fsp3) is 0.875. The van der Waals surface area contributed by atoms with Crippen LogP contribution in [0.1, 0.15) is 12.8 Å². The third-order valence-electron chi connectivity index (χ3n) is 2.23. The first-order valence-electron chi connectivity index (χ1n) is 4.54. The zero-order valence-corrected chi connectivity index (χ0v) is 9.67. The summed E-state index contributed by atoms with van der Waals surface area (Å²) >= 11 is 0. The molecule has 83 valence electrons. The molecule has 0 spiro atoms. The van der Waals surface area contributed by atoms with Crippen molar-refractivity contribution in [1.29, 1.82) is 0 Å². The van der Waals surface area contributed by atoms with Crippen LogP contribution in [0.15, 0.2) is 0 Å². The summed E-state index contributed by atoms with van der Waals surface area (Å²) in [4.78, 5) is 0. The Morgan fingerprint density at radius 3 is 2.64 bits per heavy atom. The average Bonchev–Trinajstić information content (AvgIpc) is 2.53. The summed E-state index contributed by atoms with van der Waals surface area (Å²) in [5.74, 6) is 0. The molecular weight excluding hydrogens is 204 g/mol. The Balaban J connectivity index is 2.76. The summed E-state index contributed by atoms with van der Waals surface area (Å²) in [6.07, 6.45) is 1.69. The highest BCUT2D eigenvalue weighted by Crippen LogP contribution is 2.27. The molecule has 5 nitrogen and oxygen atoms in total. The first kappa shape index (κ1) is 11.9. The molecule has 1 radical (unpaired) electrons. The van der Waals surface area contributed by atoms with Crippen LogP contribution in [-0.2, 0) is 14.9 Å². The number of ether oxygens (including phenoxy) is 1. The predicted octanol–water partition coefficient (Wildman–Crippen LogP) is 0.0670. The lowest BCUT2D eigenvalue weighted by molar-refractivity contribution is 0.187. The lowest BCUT2D eigenvalue weighted by atomic mass is 10.2. The Hall–Kier alpha value is -0.170. The summed E-state index contributed by atoms with van der Waals surface area (Å²) in [6.45, 7) is 0.965. The third kappa shape index (κ3) is 2.25. The van der Waals surface area contributed by atoms with Crippen molar-refractivity contribution in [3.8, 4) is 0 Å². The number of rotatable bonds is 4. The zero-order valence-electron chi connectivity index (χ0n) is 8.86. The van der Waals surface area contributed by atoms with Crippen LogP contribution in [0.25, 0.3) is 0 Å². The quantitative estimate of drug-likeness (QED) is 0.675. The topological polar surface area (TPSA) is 49.9 Å². The second-order valence-electron chi connectivity index (χ2n) is 3.47. The maximum atomic E-state index is 11.8. The molecule has 1 aliphatic heterocycles. The molecular formula is C8H17N2O3S. The van der Waals surface area contributed by atoms with E-state index in [1.807, 2.05) is 0 Å². The van der Waals surface area contributed by atoms with Crippen molar-refractivity contribution in [2.45, 2.75) is 12.8 Å². The fourth-order valence-electron chi connectivity index (χ4n) is 1.50. The largest absolute Gasteiger partial charge is 0.383 e. The summed E-state index contributed by atoms with van der Waals surface area (Å²) in [5, 5.41) is 0. The third-order valence-corrected chi connectivity index (χ3v) is 4.15. The van der Waals surface area contributed by atoms with E-state index in [4.69, 9.17) is 4.74 Å². The molecule has 1 saturated heterocycles. The minimum Gasteiger partial charge on any atom is -0.383 e. The van der Waals surface area contributed by atoms with E-state index in [0.29, 0.717) is 13.2 Å². The first-order chi connectivity index (χ1) is 6.50. The maximum Gasteiger partial charge on any atom is 0.282 e. The van der Waals surface area contributed by atoms with Gasteiger partial charge in [-0.3, -0.25) is 0 Å². The highest BCUT2D eigenvalue weighted by atomic mass is 32.2. The molecule has 14 heavy (non-hydrogen) atoms. The van der Waals surface area contributed by atoms with Gasteiger partial charge in [0.1, 0.15) is 0 Å². The second-order valence-corrected chi connectivity index (χ2v) is 5.53. The fourth-order valence-corrected chi connectivity index (χ4v) is 2.72. The molecule has 1 fully saturated rings. The molecule has 0 N–H and O–H groups in total. The van der Waals surface area contributed by atoms with Gasteiger partial charge in [-0.05, 0) is 12.8 Å². The van der Waals surface area contributed by atoms with Gasteiger partial charge in [-0.15, -0.1) is 0 Å². The van der Waals surface area contributed by atoms with Gasteiger partial charge >= 0.3 is 0 Å². The Bertz CT molecular complexity index is 276. The van der Waals surface area contributed by atoms with Crippen molar-refractivity contribution in [3.63, 3.8) is 0 Å². The van der Waals surface area contributed by atoms with Crippen molar-refractivity contribution in [2.75, 3.05) is 34.4 Å². The molecule has 0 aromatic carbocycles. The molecule has 1 heterocycles. The van der Waals surface area contributed by atoms with Crippen molar-refractivity contribution < 1.29 is 13.2 Å². The van der Waals surface area contributed by atoms with Crippen LogP contribution in [0, 0.1) is 6.04 Å². The van der Waals surface area contributed by atoms with Crippen LogP contribution in [0.4, 0.5) is 0 Å². The van der Waals surface area contributed by atoms with Crippen LogP contribution < -0.4 is 0 Å². The van der Waals surface area contributed by atoms with Crippen LogP contribution in [0.2, 0.25) is 0 Å². The minimum absolute atomic E-state index is 0.396. The van der Waals surface area contributed by atoms with Crippen molar-refractivity contribution in [2.24, 2.45) is 0 Å². The van der Waals surface area contributed by atoms with E-state index in [1.54, 1.807) is 7.11 Å². The molecule has 0 amide bonds. The molecule has 1 rings (SSSR count). The monoisotopic (exact) mass is 221 g/mol. The number of nitrogens with zero attached hydrogens (tertiary/aromatic N) is 2. The Morgan fingerprint density at radius 2 is 2.14 bits per heavy atom. The van der Waals surface area contributed by atoms with Crippen LogP contribution in [0.3, 0.4) is 0 Å². The SMILES string of the molecule is COC[C]1CCCN1S(=O)(=O)N(C)C. The standard InChI is InChI=1S/C8H17N2O3S/c1-9(2)14(11,12)10-6-4-5-8(10)7-13-3/h4-7H2,1-3H3. The van der Waals surface area contributed by atoms with Gasteiger partial charge in [0.25, 0.3) is 10.2 Å². The Morgan fingerprint density at radius 1 is 1.50 bits per heavy atom. The van der Waals surface area contributed by atoms with E-state index in [2.05, 4.69) is 0 Å². The lowest BCUT2D eigenvalue weighted by Gasteiger charge is -2.25. The zero-order chi connectivity index (χ0) is 10.8. The Kier molecular flexibility index (Phi) is 3.88. The van der Waals surface area contributed by atoms with Gasteiger partial charge in [-0.25, -0.2) is 0 Å². The van der Waals surface area contributed by atoms with E-state index in [1.165, 1.54) is 22.7 Å². The van der Waals surface area contributed by atoms with Gasteiger partial charge in [0.2, 0.25) is 0 Å². The first-order valence-corrected chi connectivity index (χ1v) is 5.93.